The summed E-state index contributed by atoms with van der Waals surface area (Å²) < 4.78 is 40.4. The number of aryl methyl sites for hydroxylation is 1. The Labute approximate surface area is 159 Å². The number of piperazine rings is 1. The number of carbonyl (C=O) groups is 1. The number of para-hydroxylation sites is 2. The molecule has 144 valence electrons. The van der Waals surface area contributed by atoms with Gasteiger partial charge in [0.25, 0.3) is 5.91 Å². The van der Waals surface area contributed by atoms with Gasteiger partial charge in [0, 0.05) is 26.2 Å². The standard InChI is InChI=1S/C20H17F3N4O/c1-12-19(25-16-5-3-2-4-15(16)24-12)26-8-10-27(11-9-26)20(28)13-6-7-14(21)18(23)17(13)22/h2-7H,8-11H2,1H3. The Morgan fingerprint density at radius 1 is 0.893 bits per heavy atom. The summed E-state index contributed by atoms with van der Waals surface area (Å²) in [5, 5.41) is 0. The molecule has 0 bridgehead atoms. The molecule has 1 fully saturated rings. The second kappa shape index (κ2) is 7.10. The van der Waals surface area contributed by atoms with E-state index in [0.717, 1.165) is 34.7 Å². The minimum Gasteiger partial charge on any atom is -0.352 e. The van der Waals surface area contributed by atoms with Crippen LogP contribution in [0.15, 0.2) is 36.4 Å². The fourth-order valence-corrected chi connectivity index (χ4v) is 3.36. The zero-order chi connectivity index (χ0) is 19.8. The van der Waals surface area contributed by atoms with Crippen LogP contribution in [0, 0.1) is 24.4 Å². The first kappa shape index (κ1) is 18.2. The Kier molecular flexibility index (Phi) is 4.62. The maximum Gasteiger partial charge on any atom is 0.257 e. The molecule has 4 rings (SSSR count). The number of benzene rings is 2. The van der Waals surface area contributed by atoms with E-state index in [0.29, 0.717) is 26.2 Å². The van der Waals surface area contributed by atoms with Gasteiger partial charge in [-0.1, -0.05) is 12.1 Å². The van der Waals surface area contributed by atoms with Crippen molar-refractivity contribution >= 4 is 22.8 Å². The van der Waals surface area contributed by atoms with Crippen LogP contribution in [-0.2, 0) is 0 Å². The average Bonchev–Trinajstić information content (AvgIpc) is 2.71. The largest absolute Gasteiger partial charge is 0.352 e. The topological polar surface area (TPSA) is 49.3 Å². The molecule has 0 unspecified atom stereocenters. The van der Waals surface area contributed by atoms with Crippen molar-refractivity contribution in [2.24, 2.45) is 0 Å². The number of hydrogen-bond donors (Lipinski definition) is 0. The van der Waals surface area contributed by atoms with E-state index in [1.807, 2.05) is 36.1 Å². The highest BCUT2D eigenvalue weighted by atomic mass is 19.2. The zero-order valence-electron chi connectivity index (χ0n) is 15.1. The number of fused-ring (bicyclic) bond motifs is 1. The lowest BCUT2D eigenvalue weighted by Crippen LogP contribution is -2.49. The van der Waals surface area contributed by atoms with Crippen LogP contribution in [0.2, 0.25) is 0 Å². The molecule has 0 aliphatic carbocycles. The van der Waals surface area contributed by atoms with E-state index in [1.54, 1.807) is 0 Å². The van der Waals surface area contributed by atoms with Crippen LogP contribution in [-0.4, -0.2) is 47.0 Å². The van der Waals surface area contributed by atoms with E-state index in [4.69, 9.17) is 0 Å². The summed E-state index contributed by atoms with van der Waals surface area (Å²) in [6, 6.07) is 9.31. The van der Waals surface area contributed by atoms with Gasteiger partial charge in [-0.25, -0.2) is 23.1 Å². The molecule has 0 N–H and O–H groups in total. The van der Waals surface area contributed by atoms with Gasteiger partial charge < -0.3 is 9.80 Å². The second-order valence-corrected chi connectivity index (χ2v) is 6.62. The fraction of sp³-hybridized carbons (Fsp3) is 0.250. The minimum absolute atomic E-state index is 0.311. The molecule has 1 amide bonds. The lowest BCUT2D eigenvalue weighted by molar-refractivity contribution is 0.0740. The number of anilines is 1. The number of carbonyl (C=O) groups excluding carboxylic acids is 1. The van der Waals surface area contributed by atoms with Crippen molar-refractivity contribution in [3.05, 3.63) is 65.1 Å². The van der Waals surface area contributed by atoms with Gasteiger partial charge in [0.1, 0.15) is 0 Å². The summed E-state index contributed by atoms with van der Waals surface area (Å²) in [5.41, 5.74) is 1.91. The van der Waals surface area contributed by atoms with Crippen molar-refractivity contribution in [3.8, 4) is 0 Å². The van der Waals surface area contributed by atoms with Gasteiger partial charge >= 0.3 is 0 Å². The molecule has 1 aromatic heterocycles. The average molecular weight is 386 g/mol. The van der Waals surface area contributed by atoms with Crippen molar-refractivity contribution in [1.82, 2.24) is 14.9 Å². The van der Waals surface area contributed by atoms with Crippen molar-refractivity contribution in [1.29, 1.82) is 0 Å². The Morgan fingerprint density at radius 3 is 2.21 bits per heavy atom. The van der Waals surface area contributed by atoms with E-state index in [1.165, 1.54) is 4.90 Å². The normalized spacial score (nSPS) is 14.6. The predicted octanol–water partition coefficient (Wildman–Crippen LogP) is 3.32. The van der Waals surface area contributed by atoms with Gasteiger partial charge in [0.15, 0.2) is 23.3 Å². The summed E-state index contributed by atoms with van der Waals surface area (Å²) >= 11 is 0. The molecule has 2 aromatic carbocycles. The van der Waals surface area contributed by atoms with E-state index >= 15 is 0 Å². The van der Waals surface area contributed by atoms with Crippen LogP contribution >= 0.6 is 0 Å². The van der Waals surface area contributed by atoms with Crippen molar-refractivity contribution < 1.29 is 18.0 Å². The summed E-state index contributed by atoms with van der Waals surface area (Å²) in [5.74, 6) is -4.32. The van der Waals surface area contributed by atoms with E-state index in [-0.39, 0.29) is 0 Å². The molecule has 1 aliphatic rings. The lowest BCUT2D eigenvalue weighted by atomic mass is 10.1. The molecule has 5 nitrogen and oxygen atoms in total. The van der Waals surface area contributed by atoms with Crippen molar-refractivity contribution in [3.63, 3.8) is 0 Å². The quantitative estimate of drug-likeness (QED) is 0.634. The van der Waals surface area contributed by atoms with Crippen LogP contribution < -0.4 is 4.90 Å². The Bertz CT molecular complexity index is 1060. The number of amides is 1. The third kappa shape index (κ3) is 3.15. The first-order valence-electron chi connectivity index (χ1n) is 8.87. The maximum atomic E-state index is 13.9. The number of halogens is 3. The first-order chi connectivity index (χ1) is 13.5. The predicted molar refractivity (Wildman–Crippen MR) is 98.7 cm³/mol. The van der Waals surface area contributed by atoms with Gasteiger partial charge in [-0.2, -0.15) is 0 Å². The fourth-order valence-electron chi connectivity index (χ4n) is 3.36. The molecule has 1 aliphatic heterocycles. The summed E-state index contributed by atoms with van der Waals surface area (Å²) in [7, 11) is 0. The second-order valence-electron chi connectivity index (χ2n) is 6.62. The number of aromatic nitrogens is 2. The molecular weight excluding hydrogens is 369 g/mol. The van der Waals surface area contributed by atoms with E-state index < -0.39 is 28.9 Å². The minimum atomic E-state index is -1.63. The van der Waals surface area contributed by atoms with Gasteiger partial charge in [-0.05, 0) is 31.2 Å². The van der Waals surface area contributed by atoms with Crippen LogP contribution in [0.4, 0.5) is 19.0 Å². The van der Waals surface area contributed by atoms with Crippen LogP contribution in [0.3, 0.4) is 0 Å². The van der Waals surface area contributed by atoms with Crippen LogP contribution in [0.25, 0.3) is 11.0 Å². The van der Waals surface area contributed by atoms with Crippen LogP contribution in [0.1, 0.15) is 16.1 Å². The van der Waals surface area contributed by atoms with Gasteiger partial charge in [-0.3, -0.25) is 4.79 Å². The molecule has 1 saturated heterocycles. The molecule has 28 heavy (non-hydrogen) atoms. The number of hydrogen-bond acceptors (Lipinski definition) is 4. The van der Waals surface area contributed by atoms with Crippen molar-refractivity contribution in [2.75, 3.05) is 31.1 Å². The highest BCUT2D eigenvalue weighted by Gasteiger charge is 2.27. The molecule has 0 saturated carbocycles. The zero-order valence-corrected chi connectivity index (χ0v) is 15.1. The SMILES string of the molecule is Cc1nc2ccccc2nc1N1CCN(C(=O)c2ccc(F)c(F)c2F)CC1. The van der Waals surface area contributed by atoms with E-state index in [9.17, 15) is 18.0 Å². The maximum absolute atomic E-state index is 13.9. The Morgan fingerprint density at radius 2 is 1.54 bits per heavy atom. The summed E-state index contributed by atoms with van der Waals surface area (Å²) in [6.07, 6.45) is 0. The van der Waals surface area contributed by atoms with Gasteiger partial charge in [-0.15, -0.1) is 0 Å². The third-order valence-electron chi connectivity index (χ3n) is 4.85. The van der Waals surface area contributed by atoms with Crippen molar-refractivity contribution in [2.45, 2.75) is 6.92 Å². The number of rotatable bonds is 2. The lowest BCUT2D eigenvalue weighted by Gasteiger charge is -2.36. The molecule has 0 radical (unpaired) electrons. The van der Waals surface area contributed by atoms with Crippen LogP contribution in [0.5, 0.6) is 0 Å². The summed E-state index contributed by atoms with van der Waals surface area (Å²) in [6.45, 7) is 3.45. The highest BCUT2D eigenvalue weighted by molar-refractivity contribution is 5.94. The van der Waals surface area contributed by atoms with Gasteiger partial charge in [0.05, 0.1) is 22.3 Å². The number of nitrogens with zero attached hydrogens (tertiary/aromatic N) is 4. The Balaban J connectivity index is 1.51. The third-order valence-corrected chi connectivity index (χ3v) is 4.85. The molecule has 0 spiro atoms. The molecule has 3 aromatic rings. The van der Waals surface area contributed by atoms with Gasteiger partial charge in [0.2, 0.25) is 0 Å². The molecule has 8 heteroatoms. The molecule has 2 heterocycles. The highest BCUT2D eigenvalue weighted by Crippen LogP contribution is 2.22. The monoisotopic (exact) mass is 386 g/mol. The first-order valence-corrected chi connectivity index (χ1v) is 8.87. The Hall–Kier alpha value is -3.16. The molecule has 0 atom stereocenters. The summed E-state index contributed by atoms with van der Waals surface area (Å²) in [4.78, 5) is 25.2. The smallest absolute Gasteiger partial charge is 0.257 e. The van der Waals surface area contributed by atoms with E-state index in [2.05, 4.69) is 9.97 Å². The molecular formula is C20H17F3N4O.